The lowest BCUT2D eigenvalue weighted by molar-refractivity contribution is -0.144. The fraction of sp³-hybridized carbons (Fsp3) is 0.360. The maximum absolute atomic E-state index is 12.8. The number of ether oxygens (including phenoxy) is 2. The first-order valence-electron chi connectivity index (χ1n) is 45.9. The Morgan fingerprint density at radius 1 is 0.479 bits per heavy atom. The van der Waals surface area contributed by atoms with Crippen molar-refractivity contribution in [3.8, 4) is 0 Å². The average Bonchev–Trinajstić information content (AvgIpc) is 1.48. The predicted octanol–water partition coefficient (Wildman–Crippen LogP) is 4.87. The van der Waals surface area contributed by atoms with Crippen LogP contribution in [0.4, 0.5) is 22.7 Å². The summed E-state index contributed by atoms with van der Waals surface area (Å²) in [5, 5.41) is 29.5. The molecule has 19 rings (SSSR count). The SMILES string of the molecule is C=C1CCC(N2C(=O)c3cccc(N)c3C2=O)C(=O)N1.C=C1CCC(N2C(=O)c3ccccc3C2=O)C(=O)N1.C=C1CCC(N2Cc3c(N)cccc3C2=O)C(=O)N1.C=C1CCC(n2c(C)nc3cccc(N)c3c2=O)C(=O)C1.COC(=O)[C@H](C)NC(=O)[C@@H]1CCC(=O)N1.O=C1CC[C@@H](C(=O)NC[C@H]2CCCO2)N1.O=C1CC[C@@H](C(=O)NCc2ccccc2)N1.O=C1CC[C@@H](C(=O)Nc2ccccc2)N1. The smallest absolute Gasteiger partial charge is 0.328 e. The number of amides is 16. The highest BCUT2D eigenvalue weighted by Crippen LogP contribution is 2.36. The summed E-state index contributed by atoms with van der Waals surface area (Å²) >= 11 is 0. The molecule has 0 spiro atoms. The molecule has 40 nitrogen and oxygen atoms in total. The Bertz CT molecular complexity index is 6140. The van der Waals surface area contributed by atoms with Crippen LogP contribution >= 0.6 is 0 Å². The molecule has 0 bridgehead atoms. The van der Waals surface area contributed by atoms with E-state index in [1.165, 1.54) is 18.6 Å². The first-order chi connectivity index (χ1) is 67.0. The van der Waals surface area contributed by atoms with Gasteiger partial charge in [0.1, 0.15) is 54.2 Å². The van der Waals surface area contributed by atoms with Crippen LogP contribution in [0.5, 0.6) is 0 Å². The van der Waals surface area contributed by atoms with Crippen molar-refractivity contribution in [2.45, 2.75) is 209 Å². The van der Waals surface area contributed by atoms with Crippen molar-refractivity contribution in [1.82, 2.24) is 77.4 Å². The number of nitrogens with two attached hydrogens (primary N) is 3. The Labute approximate surface area is 805 Å². The lowest BCUT2D eigenvalue weighted by Crippen LogP contribution is -2.51. The fourth-order valence-electron chi connectivity index (χ4n) is 17.4. The van der Waals surface area contributed by atoms with Crippen LogP contribution in [-0.2, 0) is 84.9 Å². The minimum atomic E-state index is -0.799. The number of nitrogen functional groups attached to an aromatic ring is 3. The first kappa shape index (κ1) is 103. The van der Waals surface area contributed by atoms with Crippen molar-refractivity contribution in [2.75, 3.05) is 42.8 Å². The van der Waals surface area contributed by atoms with E-state index in [9.17, 15) is 91.1 Å². The van der Waals surface area contributed by atoms with Crippen LogP contribution in [0.3, 0.4) is 0 Å². The molecule has 12 aliphatic rings. The normalized spacial score (nSPS) is 22.0. The number of para-hydroxylation sites is 1. The first-order valence-corrected chi connectivity index (χ1v) is 45.9. The number of fused-ring (bicyclic) bond motifs is 4. The summed E-state index contributed by atoms with van der Waals surface area (Å²) in [6.07, 6.45) is 11.1. The van der Waals surface area contributed by atoms with Crippen LogP contribution in [0, 0.1) is 6.92 Å². The molecule has 6 aromatic carbocycles. The minimum absolute atomic E-state index is 0.0205. The zero-order valence-corrected chi connectivity index (χ0v) is 77.7. The number of anilines is 4. The van der Waals surface area contributed by atoms with Gasteiger partial charge in [-0.25, -0.2) is 9.78 Å². The number of aryl methyl sites for hydroxylation is 1. The average molecular weight is 1920 g/mol. The van der Waals surface area contributed by atoms with Crippen LogP contribution in [0.1, 0.15) is 204 Å². The molecular weight excluding hydrogens is 1800 g/mol. The van der Waals surface area contributed by atoms with Crippen molar-refractivity contribution in [1.29, 1.82) is 0 Å². The van der Waals surface area contributed by atoms with Gasteiger partial charge in [-0.3, -0.25) is 101 Å². The number of nitrogens with one attached hydrogen (secondary N) is 11. The second kappa shape index (κ2) is 47.1. The summed E-state index contributed by atoms with van der Waals surface area (Å²) < 4.78 is 11.3. The Kier molecular flexibility index (Phi) is 34.6. The van der Waals surface area contributed by atoms with Gasteiger partial charge in [-0.05, 0) is 170 Å². The molecule has 10 atom stereocenters. The molecule has 734 valence electrons. The number of aromatic nitrogens is 2. The van der Waals surface area contributed by atoms with E-state index in [2.05, 4.69) is 94.5 Å². The highest BCUT2D eigenvalue weighted by Gasteiger charge is 2.47. The Morgan fingerprint density at radius 3 is 1.43 bits per heavy atom. The number of imide groups is 2. The number of ketones is 1. The van der Waals surface area contributed by atoms with Gasteiger partial charge in [-0.2, -0.15) is 0 Å². The van der Waals surface area contributed by atoms with Gasteiger partial charge >= 0.3 is 5.97 Å². The number of carbonyl (C=O) groups is 18. The monoisotopic (exact) mass is 1920 g/mol. The number of Topliss-reactive ketones (excluding diaryl/α,β-unsaturated/α-hetero) is 1. The van der Waals surface area contributed by atoms with E-state index in [-0.39, 0.29) is 123 Å². The predicted molar refractivity (Wildman–Crippen MR) is 512 cm³/mol. The largest absolute Gasteiger partial charge is 0.467 e. The molecule has 17 N–H and O–H groups in total. The van der Waals surface area contributed by atoms with E-state index in [4.69, 9.17) is 21.9 Å². The van der Waals surface area contributed by atoms with Gasteiger partial charge in [0.15, 0.2) is 5.78 Å². The van der Waals surface area contributed by atoms with E-state index in [0.29, 0.717) is 184 Å². The van der Waals surface area contributed by atoms with Gasteiger partial charge in [0.25, 0.3) is 35.1 Å². The van der Waals surface area contributed by atoms with Crippen LogP contribution in [0.15, 0.2) is 193 Å². The van der Waals surface area contributed by atoms with E-state index in [0.717, 1.165) is 58.1 Å². The van der Waals surface area contributed by atoms with Gasteiger partial charge in [0, 0.05) is 109 Å². The van der Waals surface area contributed by atoms with E-state index in [1.54, 1.807) is 90.7 Å². The van der Waals surface area contributed by atoms with E-state index >= 15 is 0 Å². The summed E-state index contributed by atoms with van der Waals surface area (Å²) in [6.45, 7) is 20.5. The number of carbonyl (C=O) groups excluding carboxylic acids is 18. The summed E-state index contributed by atoms with van der Waals surface area (Å²) in [5.41, 5.74) is 26.4. The zero-order valence-electron chi connectivity index (χ0n) is 77.7. The Hall–Kier alpha value is -16.2. The maximum atomic E-state index is 12.8. The molecule has 1 aliphatic carbocycles. The molecule has 9 fully saturated rings. The molecule has 8 saturated heterocycles. The Morgan fingerprint density at radius 2 is 0.936 bits per heavy atom. The molecule has 11 aliphatic heterocycles. The van der Waals surface area contributed by atoms with Gasteiger partial charge in [-0.1, -0.05) is 111 Å². The minimum Gasteiger partial charge on any atom is -0.467 e. The third kappa shape index (κ3) is 25.6. The van der Waals surface area contributed by atoms with Crippen molar-refractivity contribution in [3.05, 3.63) is 244 Å². The quantitative estimate of drug-likeness (QED) is 0.0282. The molecule has 4 unspecified atom stereocenters. The van der Waals surface area contributed by atoms with Crippen LogP contribution < -0.4 is 81.2 Å². The molecule has 12 heterocycles. The number of nitrogens with zero attached hydrogens (tertiary/aromatic N) is 5. The van der Waals surface area contributed by atoms with Crippen LogP contribution in [0.2, 0.25) is 0 Å². The number of rotatable bonds is 15. The fourth-order valence-corrected chi connectivity index (χ4v) is 17.4. The maximum Gasteiger partial charge on any atom is 0.328 e. The molecule has 140 heavy (non-hydrogen) atoms. The lowest BCUT2D eigenvalue weighted by atomic mass is 9.90. The lowest BCUT2D eigenvalue weighted by Gasteiger charge is -2.30. The van der Waals surface area contributed by atoms with Crippen LogP contribution in [0.25, 0.3) is 10.9 Å². The molecule has 7 aromatic rings. The summed E-state index contributed by atoms with van der Waals surface area (Å²) in [5.74, 6) is -3.65. The molecule has 16 amide bonds. The van der Waals surface area contributed by atoms with Gasteiger partial charge in [-0.15, -0.1) is 0 Å². The van der Waals surface area contributed by atoms with E-state index < -0.39 is 65.8 Å². The summed E-state index contributed by atoms with van der Waals surface area (Å²) in [6, 6.07) is 36.1. The summed E-state index contributed by atoms with van der Waals surface area (Å²) in [7, 11) is 1.25. The highest BCUT2D eigenvalue weighted by molar-refractivity contribution is 6.25. The second-order valence-corrected chi connectivity index (χ2v) is 34.9. The number of methoxy groups -OCH3 is 1. The number of allylic oxidation sites excluding steroid dienone is 4. The van der Waals surface area contributed by atoms with Gasteiger partial charge < -0.3 is 90.1 Å². The number of piperidine rings is 3. The zero-order chi connectivity index (χ0) is 101. The summed E-state index contributed by atoms with van der Waals surface area (Å²) in [4.78, 5) is 231. The number of esters is 1. The van der Waals surface area contributed by atoms with E-state index in [1.807, 2.05) is 60.7 Å². The van der Waals surface area contributed by atoms with Crippen molar-refractivity contribution >= 4 is 140 Å². The molecule has 40 heteroatoms. The topological polar surface area (TPSA) is 581 Å². The van der Waals surface area contributed by atoms with Crippen LogP contribution in [-0.4, -0.2) is 205 Å². The second-order valence-electron chi connectivity index (χ2n) is 34.9. The molecule has 1 aromatic heterocycles. The third-order valence-electron chi connectivity index (χ3n) is 24.9. The molecule has 0 radical (unpaired) electrons. The van der Waals surface area contributed by atoms with Gasteiger partial charge in [0.05, 0.1) is 52.4 Å². The Balaban J connectivity index is 0.000000144. The third-order valence-corrected chi connectivity index (χ3v) is 24.9. The highest BCUT2D eigenvalue weighted by atomic mass is 16.5. The number of hydrogen-bond acceptors (Lipinski definition) is 25. The van der Waals surface area contributed by atoms with Crippen molar-refractivity contribution < 1.29 is 95.8 Å². The van der Waals surface area contributed by atoms with Crippen molar-refractivity contribution in [3.63, 3.8) is 0 Å². The number of hydrogen-bond donors (Lipinski definition) is 14. The molecule has 1 saturated carbocycles. The van der Waals surface area contributed by atoms with Gasteiger partial charge in [0.2, 0.25) is 65.0 Å². The van der Waals surface area contributed by atoms with Crippen molar-refractivity contribution in [2.24, 2.45) is 0 Å². The standard InChI is InChI=1S/C16H17N3O2.C14H13N3O3.C14H15N3O2.C14H12N2O3.C12H14N2O2.C11H12N2O2.C10H16N2O3.C9H14N2O4/c1-9-6-7-13(14(20)8-9)19-10(2)18-12-5-3-4-11(17)15(12)16(19)21;1-7-5-6-10(12(18)16-7)17-13(19)8-3-2-4-9(15)11(8)14(17)20;1-8-5-6-12(13(18)16-8)17-7-10-9(14(17)19)3-2-4-11(10)15;1-8-6-7-11(12(17)15-8)16-13(18)9-4-2-3-5-10(9)14(16)19;15-11-7-6-10(14-11)12(16)13-8-9-4-2-1-3-5-9;14-10-7-6-9(13-10)11(15)12-8-4-2-1-3-5-8;13-9-4-3-8(12-9)10(14)11-6-7-2-1-5-15-7;1-5(9(14)15-2)10-8(13)6-3-4-7(12)11-6/h3-5,13H,1,6-8,17H2,2H3;2-4,10H,1,5-6,15H2,(H,16,18);2-4,12H,1,5-7,15H2,(H,16,18);2-5,11H,1,6-7H2,(H,15,17);1-5,10H,6-8H2,(H,13,16)(H,14,15);1-5,9H,6-7H2,(H,12,15)(H,13,14);7-8H,1-6H2,(H,11,14)(H,12,13);5-6H,3-4H2,1-2H3,(H,10,13)(H,11,12)/t;;;;10-;9-;7-,8+;5-,6-/m....0010/s1. The number of benzene rings is 6. The molecular formula is C100H113N19O21.